The number of carbonyl (C=O) groups is 1. The van der Waals surface area contributed by atoms with E-state index in [1.54, 1.807) is 18.3 Å². The smallest absolute Gasteiger partial charge is 0.258 e. The van der Waals surface area contributed by atoms with Gasteiger partial charge >= 0.3 is 0 Å². The first-order chi connectivity index (χ1) is 8.08. The number of rotatable bonds is 2. The summed E-state index contributed by atoms with van der Waals surface area (Å²) in [7, 11) is 0. The second-order valence-corrected chi connectivity index (χ2v) is 6.07. The zero-order valence-corrected chi connectivity index (χ0v) is 12.1. The van der Waals surface area contributed by atoms with E-state index in [1.165, 1.54) is 6.07 Å². The monoisotopic (exact) mass is 350 g/mol. The van der Waals surface area contributed by atoms with E-state index in [1.807, 2.05) is 0 Å². The summed E-state index contributed by atoms with van der Waals surface area (Å²) in [5.74, 6) is -0.313. The standard InChI is InChI=1S/C10H5BrCl2N2OS/c11-8-6(2-1-3-14-8)15-10(16)5-4-7(12)17-9(5)13/h1-4H,(H,15,16). The molecule has 2 rings (SSSR count). The Morgan fingerprint density at radius 1 is 1.47 bits per heavy atom. The zero-order valence-electron chi connectivity index (χ0n) is 8.21. The highest BCUT2D eigenvalue weighted by Gasteiger charge is 2.15. The van der Waals surface area contributed by atoms with Crippen LogP contribution in [0.2, 0.25) is 8.67 Å². The SMILES string of the molecule is O=C(Nc1cccnc1Br)c1cc(Cl)sc1Cl. The second kappa shape index (κ2) is 5.35. The largest absolute Gasteiger partial charge is 0.320 e. The molecular weight excluding hydrogens is 347 g/mol. The summed E-state index contributed by atoms with van der Waals surface area (Å²) in [6.07, 6.45) is 1.62. The number of thiophene rings is 1. The topological polar surface area (TPSA) is 42.0 Å². The number of hydrogen-bond acceptors (Lipinski definition) is 3. The van der Waals surface area contributed by atoms with Gasteiger partial charge in [0.05, 0.1) is 15.6 Å². The summed E-state index contributed by atoms with van der Waals surface area (Å²) in [6.45, 7) is 0. The molecule has 1 amide bonds. The highest BCUT2D eigenvalue weighted by Crippen LogP contribution is 2.32. The molecule has 88 valence electrons. The lowest BCUT2D eigenvalue weighted by Gasteiger charge is -2.05. The van der Waals surface area contributed by atoms with Crippen molar-refractivity contribution >= 4 is 62.1 Å². The summed E-state index contributed by atoms with van der Waals surface area (Å²) in [5.41, 5.74) is 0.938. The Morgan fingerprint density at radius 3 is 2.82 bits per heavy atom. The molecule has 2 heterocycles. The van der Waals surface area contributed by atoms with Gasteiger partial charge in [-0.25, -0.2) is 4.98 Å². The Balaban J connectivity index is 2.23. The van der Waals surface area contributed by atoms with E-state index in [0.717, 1.165) is 11.3 Å². The molecule has 1 N–H and O–H groups in total. The fourth-order valence-electron chi connectivity index (χ4n) is 1.16. The van der Waals surface area contributed by atoms with Gasteiger partial charge in [-0.1, -0.05) is 23.2 Å². The molecule has 0 spiro atoms. The minimum absolute atomic E-state index is 0.313. The third kappa shape index (κ3) is 2.98. The molecule has 0 aliphatic rings. The summed E-state index contributed by atoms with van der Waals surface area (Å²) >= 11 is 16.1. The van der Waals surface area contributed by atoms with Gasteiger partial charge in [0.25, 0.3) is 5.91 Å². The van der Waals surface area contributed by atoms with E-state index in [9.17, 15) is 4.79 Å². The quantitative estimate of drug-likeness (QED) is 0.811. The second-order valence-electron chi connectivity index (χ2n) is 3.03. The summed E-state index contributed by atoms with van der Waals surface area (Å²) in [5, 5.41) is 2.70. The Labute approximate surface area is 120 Å². The number of halogens is 3. The molecule has 0 fully saturated rings. The van der Waals surface area contributed by atoms with Crippen LogP contribution in [0.5, 0.6) is 0 Å². The first kappa shape index (κ1) is 12.8. The van der Waals surface area contributed by atoms with Gasteiger partial charge in [0, 0.05) is 6.20 Å². The number of amides is 1. The Kier molecular flexibility index (Phi) is 4.04. The van der Waals surface area contributed by atoms with E-state index in [2.05, 4.69) is 26.2 Å². The first-order valence-corrected chi connectivity index (χ1v) is 6.81. The van der Waals surface area contributed by atoms with E-state index in [-0.39, 0.29) is 5.91 Å². The molecule has 0 bridgehead atoms. The Morgan fingerprint density at radius 2 is 2.24 bits per heavy atom. The maximum Gasteiger partial charge on any atom is 0.258 e. The summed E-state index contributed by atoms with van der Waals surface area (Å²) < 4.78 is 1.41. The number of nitrogens with zero attached hydrogens (tertiary/aromatic N) is 1. The molecule has 0 aliphatic heterocycles. The lowest BCUT2D eigenvalue weighted by Crippen LogP contribution is -2.11. The average molecular weight is 352 g/mol. The van der Waals surface area contributed by atoms with Crippen molar-refractivity contribution < 1.29 is 4.79 Å². The molecule has 0 aliphatic carbocycles. The van der Waals surface area contributed by atoms with Crippen molar-refractivity contribution in [3.8, 4) is 0 Å². The van der Waals surface area contributed by atoms with Crippen LogP contribution in [0.25, 0.3) is 0 Å². The van der Waals surface area contributed by atoms with Gasteiger partial charge in [0.15, 0.2) is 0 Å². The van der Waals surface area contributed by atoms with Gasteiger partial charge in [-0.15, -0.1) is 11.3 Å². The van der Waals surface area contributed by atoms with Crippen molar-refractivity contribution in [3.05, 3.63) is 43.2 Å². The van der Waals surface area contributed by atoms with Gasteiger partial charge in [0.2, 0.25) is 0 Å². The summed E-state index contributed by atoms with van der Waals surface area (Å²) in [6, 6.07) is 4.99. The van der Waals surface area contributed by atoms with Crippen LogP contribution in [0.15, 0.2) is 29.0 Å². The molecule has 7 heteroatoms. The summed E-state index contributed by atoms with van der Waals surface area (Å²) in [4.78, 5) is 15.9. The molecule has 0 radical (unpaired) electrons. The van der Waals surface area contributed by atoms with Crippen molar-refractivity contribution in [2.24, 2.45) is 0 Å². The van der Waals surface area contributed by atoms with E-state index in [4.69, 9.17) is 23.2 Å². The predicted molar refractivity (Wildman–Crippen MR) is 74.2 cm³/mol. The number of anilines is 1. The number of carbonyl (C=O) groups excluding carboxylic acids is 1. The van der Waals surface area contributed by atoms with Crippen LogP contribution < -0.4 is 5.32 Å². The highest BCUT2D eigenvalue weighted by molar-refractivity contribution is 9.10. The lowest BCUT2D eigenvalue weighted by atomic mass is 10.3. The fraction of sp³-hybridized carbons (Fsp3) is 0. The number of aromatic nitrogens is 1. The van der Waals surface area contributed by atoms with Crippen molar-refractivity contribution in [3.63, 3.8) is 0 Å². The molecule has 0 aromatic carbocycles. The van der Waals surface area contributed by atoms with Gasteiger partial charge in [0.1, 0.15) is 8.94 Å². The van der Waals surface area contributed by atoms with Crippen molar-refractivity contribution in [2.75, 3.05) is 5.32 Å². The van der Waals surface area contributed by atoms with Gasteiger partial charge in [-0.2, -0.15) is 0 Å². The number of hydrogen-bond donors (Lipinski definition) is 1. The first-order valence-electron chi connectivity index (χ1n) is 4.44. The van der Waals surface area contributed by atoms with Crippen LogP contribution in [0.3, 0.4) is 0 Å². The van der Waals surface area contributed by atoms with Crippen LogP contribution in [-0.2, 0) is 0 Å². The van der Waals surface area contributed by atoms with Gasteiger partial charge < -0.3 is 5.32 Å². The molecular formula is C10H5BrCl2N2OS. The molecule has 17 heavy (non-hydrogen) atoms. The van der Waals surface area contributed by atoms with E-state index in [0.29, 0.717) is 24.5 Å². The maximum atomic E-state index is 11.9. The molecule has 2 aromatic heterocycles. The normalized spacial score (nSPS) is 10.3. The van der Waals surface area contributed by atoms with Crippen molar-refractivity contribution in [1.29, 1.82) is 0 Å². The Hall–Kier alpha value is -0.620. The van der Waals surface area contributed by atoms with E-state index < -0.39 is 0 Å². The van der Waals surface area contributed by atoms with Gasteiger partial charge in [-0.3, -0.25) is 4.79 Å². The molecule has 0 unspecified atom stereocenters. The minimum Gasteiger partial charge on any atom is -0.320 e. The molecule has 0 saturated carbocycles. The van der Waals surface area contributed by atoms with Crippen LogP contribution in [-0.4, -0.2) is 10.9 Å². The number of nitrogens with one attached hydrogen (secondary N) is 1. The maximum absolute atomic E-state index is 11.9. The highest BCUT2D eigenvalue weighted by atomic mass is 79.9. The van der Waals surface area contributed by atoms with Crippen molar-refractivity contribution in [2.45, 2.75) is 0 Å². The minimum atomic E-state index is -0.313. The lowest BCUT2D eigenvalue weighted by molar-refractivity contribution is 0.102. The number of pyridine rings is 1. The van der Waals surface area contributed by atoms with Crippen LogP contribution in [0.1, 0.15) is 10.4 Å². The fourth-order valence-corrected chi connectivity index (χ4v) is 2.97. The van der Waals surface area contributed by atoms with Crippen molar-refractivity contribution in [1.82, 2.24) is 4.98 Å². The van der Waals surface area contributed by atoms with Crippen LogP contribution in [0.4, 0.5) is 5.69 Å². The van der Waals surface area contributed by atoms with E-state index >= 15 is 0 Å². The molecule has 3 nitrogen and oxygen atoms in total. The van der Waals surface area contributed by atoms with Gasteiger partial charge in [-0.05, 0) is 34.1 Å². The third-order valence-corrected chi connectivity index (χ3v) is 4.03. The average Bonchev–Trinajstić information content (AvgIpc) is 2.61. The van der Waals surface area contributed by atoms with Crippen LogP contribution >= 0.6 is 50.5 Å². The Bertz CT molecular complexity index is 573. The molecule has 2 aromatic rings. The van der Waals surface area contributed by atoms with Crippen LogP contribution in [0, 0.1) is 0 Å². The predicted octanol–water partition coefficient (Wildman–Crippen LogP) is 4.46. The third-order valence-electron chi connectivity index (χ3n) is 1.91. The molecule has 0 saturated heterocycles. The zero-order chi connectivity index (χ0) is 12.4. The molecule has 0 atom stereocenters.